The largest absolute Gasteiger partial charge is 0.306 e. The molecule has 1 aliphatic rings. The fourth-order valence-electron chi connectivity index (χ4n) is 10.6. The molecule has 0 radical (unpaired) electrons. The average Bonchev–Trinajstić information content (AvgIpc) is 3.66. The fourth-order valence-corrected chi connectivity index (χ4v) is 10.6. The molecule has 0 spiro atoms. The van der Waals surface area contributed by atoms with Gasteiger partial charge >= 0.3 is 0 Å². The van der Waals surface area contributed by atoms with Crippen molar-refractivity contribution in [2.75, 3.05) is 9.80 Å². The molecular weight excluding hydrogens is 977 g/mol. The number of para-hydroxylation sites is 4. The summed E-state index contributed by atoms with van der Waals surface area (Å²) in [7, 11) is 0. The predicted molar refractivity (Wildman–Crippen MR) is 325 cm³/mol. The Morgan fingerprint density at radius 1 is 0.188 bits per heavy atom. The van der Waals surface area contributed by atoms with Crippen molar-refractivity contribution in [3.63, 3.8) is 0 Å². The van der Waals surface area contributed by atoms with Gasteiger partial charge in [-0.3, -0.25) is 4.90 Å². The third kappa shape index (κ3) is 9.12. The van der Waals surface area contributed by atoms with Crippen LogP contribution in [-0.2, 0) is 0 Å². The van der Waals surface area contributed by atoms with Crippen molar-refractivity contribution < 1.29 is 0 Å². The van der Waals surface area contributed by atoms with Crippen LogP contribution in [0.4, 0.5) is 34.3 Å². The first-order valence-electron chi connectivity index (χ1n) is 26.7. The minimum Gasteiger partial charge on any atom is -0.306 e. The van der Waals surface area contributed by atoms with Gasteiger partial charge in [-0.1, -0.05) is 237 Å². The quantitative estimate of drug-likeness (QED) is 0.127. The molecule has 0 unspecified atom stereocenters. The van der Waals surface area contributed by atoms with Gasteiger partial charge in [0.2, 0.25) is 0 Å². The molecule has 0 atom stereocenters. The molecule has 0 amide bonds. The van der Waals surface area contributed by atoms with Crippen molar-refractivity contribution in [1.82, 2.24) is 29.9 Å². The van der Waals surface area contributed by atoms with Crippen molar-refractivity contribution in [3.05, 3.63) is 291 Å². The van der Waals surface area contributed by atoms with E-state index in [4.69, 9.17) is 29.9 Å². The zero-order chi connectivity index (χ0) is 53.2. The zero-order valence-electron chi connectivity index (χ0n) is 43.3. The highest BCUT2D eigenvalue weighted by Gasteiger charge is 2.34. The van der Waals surface area contributed by atoms with Crippen molar-refractivity contribution in [2.24, 2.45) is 0 Å². The summed E-state index contributed by atoms with van der Waals surface area (Å²) in [6.07, 6.45) is 0. The van der Waals surface area contributed by atoms with E-state index in [0.29, 0.717) is 17.5 Å². The van der Waals surface area contributed by atoms with Crippen LogP contribution in [0.25, 0.3) is 102 Å². The van der Waals surface area contributed by atoms with E-state index in [0.717, 1.165) is 118 Å². The summed E-state index contributed by atoms with van der Waals surface area (Å²) in [5.74, 6) is 2.46. The highest BCUT2D eigenvalue weighted by Crippen LogP contribution is 2.56. The standard InChI is InChI=1S/C72H48N8/c1-8-26-49(27-9-1)56-45-68(79-64-40-22-24-42-66(64)80(67-43-25-23-41-65(67)79)69-48-63(54-36-18-6-19-37-54)73-70(78-69)55-38-20-7-21-39-55)58(72-76-61(52-32-14-4-15-33-52)47-62(77-72)53-34-16-5-17-35-53)44-57(56)71-74-59(50-28-10-2-11-29-50)46-60(75-71)51-30-12-3-13-31-51/h1-48H. The summed E-state index contributed by atoms with van der Waals surface area (Å²) in [6, 6.07) is 100. The molecule has 0 N–H and O–H groups in total. The maximum Gasteiger partial charge on any atom is 0.162 e. The Balaban J connectivity index is 1.07. The van der Waals surface area contributed by atoms with Crippen LogP contribution in [0.1, 0.15) is 0 Å². The van der Waals surface area contributed by atoms with Gasteiger partial charge in [-0.15, -0.1) is 0 Å². The summed E-state index contributed by atoms with van der Waals surface area (Å²) in [5.41, 5.74) is 17.9. The van der Waals surface area contributed by atoms with Crippen LogP contribution in [0.15, 0.2) is 291 Å². The maximum absolute atomic E-state index is 5.57. The summed E-state index contributed by atoms with van der Waals surface area (Å²) in [4.78, 5) is 37.3. The van der Waals surface area contributed by atoms with Gasteiger partial charge in [0.15, 0.2) is 17.5 Å². The molecule has 8 nitrogen and oxygen atoms in total. The van der Waals surface area contributed by atoms with E-state index >= 15 is 0 Å². The molecule has 1 aliphatic heterocycles. The number of benzene rings is 10. The van der Waals surface area contributed by atoms with Crippen LogP contribution in [0.2, 0.25) is 0 Å². The first kappa shape index (κ1) is 47.5. The van der Waals surface area contributed by atoms with Crippen LogP contribution in [-0.4, -0.2) is 29.9 Å². The molecule has 0 fully saturated rings. The summed E-state index contributed by atoms with van der Waals surface area (Å²) in [5, 5.41) is 0. The van der Waals surface area contributed by atoms with Gasteiger partial charge in [0.05, 0.1) is 56.9 Å². The van der Waals surface area contributed by atoms with Crippen LogP contribution < -0.4 is 9.80 Å². The lowest BCUT2D eigenvalue weighted by Gasteiger charge is -2.40. The molecular formula is C72H48N8. The van der Waals surface area contributed by atoms with Gasteiger partial charge in [-0.2, -0.15) is 0 Å². The van der Waals surface area contributed by atoms with Crippen LogP contribution in [0, 0.1) is 0 Å². The third-order valence-corrected chi connectivity index (χ3v) is 14.4. The van der Waals surface area contributed by atoms with Crippen LogP contribution >= 0.6 is 0 Å². The van der Waals surface area contributed by atoms with Gasteiger partial charge in [0.1, 0.15) is 5.82 Å². The number of hydrogen-bond donors (Lipinski definition) is 0. The highest BCUT2D eigenvalue weighted by molar-refractivity contribution is 6.05. The Bertz CT molecular complexity index is 4120. The first-order chi connectivity index (χ1) is 39.7. The lowest BCUT2D eigenvalue weighted by atomic mass is 9.93. The molecule has 80 heavy (non-hydrogen) atoms. The van der Waals surface area contributed by atoms with Crippen LogP contribution in [0.3, 0.4) is 0 Å². The van der Waals surface area contributed by atoms with Crippen LogP contribution in [0.5, 0.6) is 0 Å². The van der Waals surface area contributed by atoms with Crippen molar-refractivity contribution in [3.8, 4) is 102 Å². The topological polar surface area (TPSA) is 83.8 Å². The number of anilines is 6. The van der Waals surface area contributed by atoms with Gasteiger partial charge < -0.3 is 4.90 Å². The molecule has 376 valence electrons. The number of fused-ring (bicyclic) bond motifs is 2. The average molecular weight is 1030 g/mol. The minimum absolute atomic E-state index is 0.539. The van der Waals surface area contributed by atoms with E-state index in [1.165, 1.54) is 0 Å². The molecule has 0 aliphatic carbocycles. The molecule has 0 saturated carbocycles. The minimum atomic E-state index is 0.539. The number of aromatic nitrogens is 6. The molecule has 4 heterocycles. The maximum atomic E-state index is 5.57. The van der Waals surface area contributed by atoms with E-state index in [-0.39, 0.29) is 0 Å². The number of hydrogen-bond acceptors (Lipinski definition) is 8. The third-order valence-electron chi connectivity index (χ3n) is 14.4. The van der Waals surface area contributed by atoms with Crippen molar-refractivity contribution >= 4 is 34.3 Å². The summed E-state index contributed by atoms with van der Waals surface area (Å²) >= 11 is 0. The Labute approximate surface area is 464 Å². The van der Waals surface area contributed by atoms with E-state index in [9.17, 15) is 0 Å². The van der Waals surface area contributed by atoms with Gasteiger partial charge in [-0.05, 0) is 59.7 Å². The Hall–Kier alpha value is -11.0. The zero-order valence-corrected chi connectivity index (χ0v) is 43.3. The number of rotatable bonds is 11. The van der Waals surface area contributed by atoms with Gasteiger partial charge in [0, 0.05) is 50.6 Å². The summed E-state index contributed by atoms with van der Waals surface area (Å²) < 4.78 is 0. The second-order valence-corrected chi connectivity index (χ2v) is 19.5. The second-order valence-electron chi connectivity index (χ2n) is 19.5. The van der Waals surface area contributed by atoms with E-state index in [1.807, 2.05) is 84.9 Å². The van der Waals surface area contributed by atoms with Crippen molar-refractivity contribution in [2.45, 2.75) is 0 Å². The first-order valence-corrected chi connectivity index (χ1v) is 26.7. The van der Waals surface area contributed by atoms with Gasteiger partial charge in [0.25, 0.3) is 0 Å². The second kappa shape index (κ2) is 20.9. The smallest absolute Gasteiger partial charge is 0.162 e. The molecule has 14 rings (SSSR count). The molecule has 0 saturated heterocycles. The normalized spacial score (nSPS) is 11.7. The predicted octanol–water partition coefficient (Wildman–Crippen LogP) is 18.3. The molecule has 8 heteroatoms. The lowest BCUT2D eigenvalue weighted by Crippen LogP contribution is -2.25. The lowest BCUT2D eigenvalue weighted by molar-refractivity contribution is 1.09. The monoisotopic (exact) mass is 1020 g/mol. The summed E-state index contributed by atoms with van der Waals surface area (Å²) in [6.45, 7) is 0. The molecule has 3 aromatic heterocycles. The Kier molecular flexibility index (Phi) is 12.4. The van der Waals surface area contributed by atoms with E-state index in [2.05, 4.69) is 216 Å². The molecule has 13 aromatic rings. The molecule has 10 aromatic carbocycles. The Morgan fingerprint density at radius 2 is 0.487 bits per heavy atom. The van der Waals surface area contributed by atoms with Gasteiger partial charge in [-0.25, -0.2) is 29.9 Å². The highest BCUT2D eigenvalue weighted by atomic mass is 15.3. The molecule has 0 bridgehead atoms. The number of nitrogens with zero attached hydrogens (tertiary/aromatic N) is 8. The van der Waals surface area contributed by atoms with E-state index < -0.39 is 0 Å². The van der Waals surface area contributed by atoms with Crippen molar-refractivity contribution in [1.29, 1.82) is 0 Å². The fraction of sp³-hybridized carbons (Fsp3) is 0. The SMILES string of the molecule is c1ccc(-c2cc(N3c4ccccc4N(c4cc(-c5ccccc5)c(-c5nc(-c6ccccc6)cc(-c6ccccc6)n5)cc4-c4nc(-c5ccccc5)cc(-c5ccccc5)n4)c4ccccc43)nc(-c3ccccc3)n2)cc1. The van der Waals surface area contributed by atoms with E-state index in [1.54, 1.807) is 0 Å². The Morgan fingerprint density at radius 3 is 0.875 bits per heavy atom.